The first kappa shape index (κ1) is 27.0. The van der Waals surface area contributed by atoms with Crippen LogP contribution >= 0.6 is 0 Å². The summed E-state index contributed by atoms with van der Waals surface area (Å²) in [4.78, 5) is 47.1. The number of rotatable bonds is 4. The molecule has 3 amide bonds. The number of amides is 3. The molecular formula is C25H34F3N5O4. The summed E-state index contributed by atoms with van der Waals surface area (Å²) in [5, 5.41) is 2.78. The number of aromatic nitrogens is 1. The van der Waals surface area contributed by atoms with Gasteiger partial charge in [-0.15, -0.1) is 0 Å². The van der Waals surface area contributed by atoms with E-state index in [0.717, 1.165) is 25.1 Å². The number of anilines is 1. The van der Waals surface area contributed by atoms with Crippen molar-refractivity contribution < 1.29 is 32.3 Å². The summed E-state index contributed by atoms with van der Waals surface area (Å²) < 4.78 is 45.3. The molecule has 1 saturated carbocycles. The smallest absolute Gasteiger partial charge is 0.417 e. The van der Waals surface area contributed by atoms with Crippen LogP contribution in [-0.2, 0) is 15.7 Å². The lowest BCUT2D eigenvalue weighted by Gasteiger charge is -2.41. The second kappa shape index (κ2) is 10.4. The number of alkyl halides is 3. The van der Waals surface area contributed by atoms with E-state index in [-0.39, 0.29) is 29.2 Å². The van der Waals surface area contributed by atoms with Crippen LogP contribution in [0.2, 0.25) is 0 Å². The molecule has 37 heavy (non-hydrogen) atoms. The summed E-state index contributed by atoms with van der Waals surface area (Å²) in [6.07, 6.45) is -1.62. The number of nitrogens with one attached hydrogen (secondary N) is 1. The van der Waals surface area contributed by atoms with E-state index in [0.29, 0.717) is 52.1 Å². The molecule has 0 bridgehead atoms. The Hall–Kier alpha value is -3.05. The quantitative estimate of drug-likeness (QED) is 0.649. The first-order valence-electron chi connectivity index (χ1n) is 12.7. The van der Waals surface area contributed by atoms with Crippen LogP contribution in [0.4, 0.5) is 23.8 Å². The Labute approximate surface area is 214 Å². The minimum Gasteiger partial charge on any atom is -0.444 e. The highest BCUT2D eigenvalue weighted by Crippen LogP contribution is 2.34. The van der Waals surface area contributed by atoms with Gasteiger partial charge in [0.05, 0.1) is 11.1 Å². The van der Waals surface area contributed by atoms with Crippen molar-refractivity contribution in [2.75, 3.05) is 44.2 Å². The van der Waals surface area contributed by atoms with Gasteiger partial charge >= 0.3 is 12.3 Å². The third kappa shape index (κ3) is 6.45. The molecule has 0 aromatic carbocycles. The monoisotopic (exact) mass is 525 g/mol. The van der Waals surface area contributed by atoms with E-state index in [1.54, 1.807) is 35.5 Å². The lowest BCUT2D eigenvalue weighted by atomic mass is 9.79. The Morgan fingerprint density at radius 2 is 1.59 bits per heavy atom. The zero-order chi connectivity index (χ0) is 27.0. The fraction of sp³-hybridized carbons (Fsp3) is 0.680. The number of halogens is 3. The van der Waals surface area contributed by atoms with Gasteiger partial charge in [0.1, 0.15) is 11.4 Å². The summed E-state index contributed by atoms with van der Waals surface area (Å²) >= 11 is 0. The van der Waals surface area contributed by atoms with Gasteiger partial charge in [-0.05, 0) is 52.5 Å². The zero-order valence-electron chi connectivity index (χ0n) is 21.4. The topological polar surface area (TPSA) is 95.1 Å². The van der Waals surface area contributed by atoms with E-state index in [9.17, 15) is 27.6 Å². The molecule has 2 aliphatic heterocycles. The molecule has 3 heterocycles. The number of hydrogen-bond donors (Lipinski definition) is 1. The van der Waals surface area contributed by atoms with Gasteiger partial charge in [0, 0.05) is 57.4 Å². The molecule has 1 N–H and O–H groups in total. The van der Waals surface area contributed by atoms with Crippen LogP contribution in [0.1, 0.15) is 62.4 Å². The third-order valence-corrected chi connectivity index (χ3v) is 6.92. The normalized spacial score (nSPS) is 22.5. The summed E-state index contributed by atoms with van der Waals surface area (Å²) in [6.45, 7) is 7.84. The van der Waals surface area contributed by atoms with Crippen LogP contribution in [0.15, 0.2) is 12.3 Å². The highest BCUT2D eigenvalue weighted by molar-refractivity contribution is 5.99. The molecule has 0 radical (unpaired) electrons. The number of pyridine rings is 1. The number of carbonyl (C=O) groups excluding carboxylic acids is 3. The van der Waals surface area contributed by atoms with Crippen molar-refractivity contribution in [3.63, 3.8) is 0 Å². The summed E-state index contributed by atoms with van der Waals surface area (Å²) in [5.41, 5.74) is -1.59. The van der Waals surface area contributed by atoms with Crippen molar-refractivity contribution in [3.05, 3.63) is 23.4 Å². The Morgan fingerprint density at radius 3 is 2.16 bits per heavy atom. The highest BCUT2D eigenvalue weighted by atomic mass is 19.4. The maximum absolute atomic E-state index is 13.4. The maximum Gasteiger partial charge on any atom is 0.417 e. The minimum absolute atomic E-state index is 0.00404. The third-order valence-electron chi connectivity index (χ3n) is 6.92. The summed E-state index contributed by atoms with van der Waals surface area (Å²) in [6, 6.07) is 0.785. The van der Waals surface area contributed by atoms with Crippen molar-refractivity contribution >= 4 is 23.7 Å². The van der Waals surface area contributed by atoms with Crippen molar-refractivity contribution in [1.82, 2.24) is 20.1 Å². The van der Waals surface area contributed by atoms with Crippen molar-refractivity contribution in [2.45, 2.75) is 64.3 Å². The predicted molar refractivity (Wildman–Crippen MR) is 129 cm³/mol. The number of carbonyl (C=O) groups is 3. The Kier molecular flexibility index (Phi) is 7.57. The van der Waals surface area contributed by atoms with Crippen LogP contribution in [0.5, 0.6) is 0 Å². The first-order chi connectivity index (χ1) is 17.3. The van der Waals surface area contributed by atoms with Gasteiger partial charge in [0.25, 0.3) is 5.91 Å². The van der Waals surface area contributed by atoms with Gasteiger partial charge in [-0.2, -0.15) is 13.2 Å². The van der Waals surface area contributed by atoms with Crippen LogP contribution in [-0.4, -0.2) is 83.6 Å². The molecule has 12 heteroatoms. The van der Waals surface area contributed by atoms with Crippen LogP contribution in [0, 0.1) is 5.92 Å². The van der Waals surface area contributed by atoms with Gasteiger partial charge < -0.3 is 24.8 Å². The number of hydrogen-bond acceptors (Lipinski definition) is 6. The van der Waals surface area contributed by atoms with Gasteiger partial charge in [0.2, 0.25) is 5.91 Å². The first-order valence-corrected chi connectivity index (χ1v) is 12.7. The zero-order valence-corrected chi connectivity index (χ0v) is 21.4. The molecule has 1 aliphatic carbocycles. The number of nitrogens with zero attached hydrogens (tertiary/aromatic N) is 4. The van der Waals surface area contributed by atoms with Crippen LogP contribution < -0.4 is 10.2 Å². The molecule has 2 saturated heterocycles. The van der Waals surface area contributed by atoms with Crippen LogP contribution in [0.3, 0.4) is 0 Å². The van der Waals surface area contributed by atoms with Gasteiger partial charge in [-0.25, -0.2) is 9.78 Å². The second-order valence-electron chi connectivity index (χ2n) is 10.9. The average Bonchev–Trinajstić information content (AvgIpc) is 3.33. The molecule has 0 spiro atoms. The second-order valence-corrected chi connectivity index (χ2v) is 10.9. The van der Waals surface area contributed by atoms with Gasteiger partial charge in [-0.1, -0.05) is 0 Å². The number of alkyl carbamates (subject to hydrolysis) is 1. The fourth-order valence-electron chi connectivity index (χ4n) is 4.92. The number of piperazine rings is 1. The Morgan fingerprint density at radius 1 is 0.973 bits per heavy atom. The van der Waals surface area contributed by atoms with E-state index < -0.39 is 29.3 Å². The van der Waals surface area contributed by atoms with E-state index >= 15 is 0 Å². The largest absolute Gasteiger partial charge is 0.444 e. The molecule has 3 aliphatic rings. The van der Waals surface area contributed by atoms with Crippen molar-refractivity contribution in [3.8, 4) is 0 Å². The molecular weight excluding hydrogens is 491 g/mol. The SMILES string of the molecule is CC(C)(C)OC(=O)NC1CC(C(=O)N2CCN(c3ncc(C(F)(F)F)cc3C(=O)N3CCCC3)CC2)C1. The van der Waals surface area contributed by atoms with E-state index in [1.807, 2.05) is 0 Å². The molecule has 9 nitrogen and oxygen atoms in total. The lowest BCUT2D eigenvalue weighted by Crippen LogP contribution is -2.55. The number of likely N-dealkylation sites (tertiary alicyclic amines) is 1. The Balaban J connectivity index is 1.35. The molecule has 4 rings (SSSR count). The van der Waals surface area contributed by atoms with E-state index in [4.69, 9.17) is 4.74 Å². The highest BCUT2D eigenvalue weighted by Gasteiger charge is 2.40. The van der Waals surface area contributed by atoms with Crippen molar-refractivity contribution in [1.29, 1.82) is 0 Å². The minimum atomic E-state index is -4.60. The molecule has 204 valence electrons. The van der Waals surface area contributed by atoms with Gasteiger partial charge in [-0.3, -0.25) is 9.59 Å². The Bertz CT molecular complexity index is 1020. The molecule has 1 aromatic heterocycles. The van der Waals surface area contributed by atoms with E-state index in [1.165, 1.54) is 0 Å². The summed E-state index contributed by atoms with van der Waals surface area (Å²) in [7, 11) is 0. The molecule has 0 unspecified atom stereocenters. The predicted octanol–water partition coefficient (Wildman–Crippen LogP) is 3.29. The molecule has 0 atom stereocenters. The average molecular weight is 526 g/mol. The lowest BCUT2D eigenvalue weighted by molar-refractivity contribution is -0.139. The number of ether oxygens (including phenoxy) is 1. The van der Waals surface area contributed by atoms with Gasteiger partial charge in [0.15, 0.2) is 0 Å². The standard InChI is InChI=1S/C25H34F3N5O4/c1-24(2,3)37-23(36)30-18-12-16(13-18)21(34)33-10-8-31(9-11-33)20-19(22(35)32-6-4-5-7-32)14-17(15-29-20)25(26,27)28/h14-16,18H,4-13H2,1-3H3,(H,30,36). The maximum atomic E-state index is 13.4. The summed E-state index contributed by atoms with van der Waals surface area (Å²) in [5.74, 6) is -0.413. The molecule has 1 aromatic rings. The molecule has 3 fully saturated rings. The van der Waals surface area contributed by atoms with Crippen LogP contribution in [0.25, 0.3) is 0 Å². The van der Waals surface area contributed by atoms with E-state index in [2.05, 4.69) is 10.3 Å². The fourth-order valence-corrected chi connectivity index (χ4v) is 4.92. The van der Waals surface area contributed by atoms with Crippen molar-refractivity contribution in [2.24, 2.45) is 5.92 Å².